The van der Waals surface area contributed by atoms with E-state index in [2.05, 4.69) is 63.4 Å². The molecule has 0 spiro atoms. The summed E-state index contributed by atoms with van der Waals surface area (Å²) in [7, 11) is 0. The topological polar surface area (TPSA) is 40.6 Å². The summed E-state index contributed by atoms with van der Waals surface area (Å²) in [5.41, 5.74) is 4.31. The van der Waals surface area contributed by atoms with Gasteiger partial charge in [-0.05, 0) is 69.3 Å². The number of carbonyl (C=O) groups excluding carboxylic acids is 2. The maximum absolute atomic E-state index is 14.0. The molecule has 0 N–H and O–H groups in total. The molecule has 202 valence electrons. The summed E-state index contributed by atoms with van der Waals surface area (Å²) in [6.45, 7) is 10.1. The number of hydrogen-bond donors (Lipinski definition) is 0. The Labute approximate surface area is 236 Å². The van der Waals surface area contributed by atoms with Gasteiger partial charge in [0.1, 0.15) is 6.54 Å². The fraction of sp³-hybridized carbons (Fsp3) is 0.353. The first-order valence-corrected chi connectivity index (χ1v) is 14.9. The van der Waals surface area contributed by atoms with E-state index in [1.807, 2.05) is 47.4 Å². The molecule has 1 aliphatic rings. The van der Waals surface area contributed by atoms with Gasteiger partial charge in [0, 0.05) is 23.5 Å². The number of thiophene rings is 1. The number of rotatable bonds is 7. The van der Waals surface area contributed by atoms with Gasteiger partial charge in [0.05, 0.1) is 6.04 Å². The van der Waals surface area contributed by atoms with Crippen LogP contribution < -0.4 is 0 Å². The lowest BCUT2D eigenvalue weighted by Gasteiger charge is -2.38. The Bertz CT molecular complexity index is 1460. The molecule has 2 heterocycles. The Hall–Kier alpha value is -3.44. The maximum atomic E-state index is 14.0. The Morgan fingerprint density at radius 3 is 2.44 bits per heavy atom. The SMILES string of the molecule is CCCCN(CC(=O)N1CCc2sccc2C1c1ccc(C(C)(C)C)cc1)C(=O)c1ccc2ccccc2c1. The maximum Gasteiger partial charge on any atom is 0.254 e. The quantitative estimate of drug-likeness (QED) is 0.243. The van der Waals surface area contributed by atoms with Gasteiger partial charge in [0.25, 0.3) is 5.91 Å². The second-order valence-electron chi connectivity index (χ2n) is 11.6. The van der Waals surface area contributed by atoms with Crippen molar-refractivity contribution in [1.29, 1.82) is 0 Å². The minimum atomic E-state index is -0.134. The van der Waals surface area contributed by atoms with Crippen LogP contribution in [0.15, 0.2) is 78.2 Å². The van der Waals surface area contributed by atoms with E-state index in [-0.39, 0.29) is 29.8 Å². The van der Waals surface area contributed by atoms with E-state index in [0.717, 1.165) is 35.6 Å². The molecule has 0 saturated carbocycles. The van der Waals surface area contributed by atoms with Crippen LogP contribution in [0.25, 0.3) is 10.8 Å². The molecule has 1 atom stereocenters. The molecule has 0 fully saturated rings. The van der Waals surface area contributed by atoms with Crippen molar-refractivity contribution in [3.63, 3.8) is 0 Å². The Kier molecular flexibility index (Phi) is 7.90. The van der Waals surface area contributed by atoms with Crippen molar-refractivity contribution in [3.05, 3.63) is 105 Å². The first kappa shape index (κ1) is 27.1. The van der Waals surface area contributed by atoms with Crippen LogP contribution in [-0.4, -0.2) is 41.2 Å². The fourth-order valence-corrected chi connectivity index (χ4v) is 6.37. The molecule has 3 aromatic carbocycles. The highest BCUT2D eigenvalue weighted by Gasteiger charge is 2.34. The summed E-state index contributed by atoms with van der Waals surface area (Å²) >= 11 is 1.77. The molecule has 4 nitrogen and oxygen atoms in total. The third kappa shape index (κ3) is 5.79. The van der Waals surface area contributed by atoms with Crippen LogP contribution in [0.2, 0.25) is 0 Å². The zero-order chi connectivity index (χ0) is 27.6. The van der Waals surface area contributed by atoms with Crippen LogP contribution in [0.3, 0.4) is 0 Å². The number of carbonyl (C=O) groups is 2. The molecular weight excluding hydrogens is 500 g/mol. The minimum absolute atomic E-state index is 0.00184. The van der Waals surface area contributed by atoms with Gasteiger partial charge >= 0.3 is 0 Å². The van der Waals surface area contributed by atoms with Crippen molar-refractivity contribution >= 4 is 33.9 Å². The molecule has 0 bridgehead atoms. The van der Waals surface area contributed by atoms with Gasteiger partial charge < -0.3 is 9.80 Å². The summed E-state index contributed by atoms with van der Waals surface area (Å²) in [5, 5.41) is 4.27. The van der Waals surface area contributed by atoms with Crippen LogP contribution in [-0.2, 0) is 16.6 Å². The molecule has 1 unspecified atom stereocenters. The molecule has 0 saturated heterocycles. The first-order valence-electron chi connectivity index (χ1n) is 14.0. The molecule has 4 aromatic rings. The number of fused-ring (bicyclic) bond motifs is 2. The van der Waals surface area contributed by atoms with Crippen LogP contribution in [0.1, 0.15) is 78.5 Å². The molecule has 5 heteroatoms. The highest BCUT2D eigenvalue weighted by molar-refractivity contribution is 7.10. The fourth-order valence-electron chi connectivity index (χ4n) is 5.47. The summed E-state index contributed by atoms with van der Waals surface area (Å²) in [4.78, 5) is 32.8. The number of unbranched alkanes of at least 4 members (excludes halogenated alkanes) is 1. The van der Waals surface area contributed by atoms with E-state index in [9.17, 15) is 9.59 Å². The largest absolute Gasteiger partial charge is 0.330 e. The van der Waals surface area contributed by atoms with Gasteiger partial charge in [-0.15, -0.1) is 11.3 Å². The van der Waals surface area contributed by atoms with E-state index >= 15 is 0 Å². The molecule has 0 radical (unpaired) electrons. The average molecular weight is 539 g/mol. The van der Waals surface area contributed by atoms with Gasteiger partial charge in [-0.25, -0.2) is 0 Å². The van der Waals surface area contributed by atoms with Crippen molar-refractivity contribution < 1.29 is 9.59 Å². The van der Waals surface area contributed by atoms with Crippen molar-refractivity contribution in [3.8, 4) is 0 Å². The van der Waals surface area contributed by atoms with Crippen molar-refractivity contribution in [2.75, 3.05) is 19.6 Å². The van der Waals surface area contributed by atoms with E-state index in [1.54, 1.807) is 16.2 Å². The first-order chi connectivity index (χ1) is 18.8. The van der Waals surface area contributed by atoms with Gasteiger partial charge in [-0.1, -0.05) is 88.7 Å². The smallest absolute Gasteiger partial charge is 0.254 e. The predicted molar refractivity (Wildman–Crippen MR) is 161 cm³/mol. The third-order valence-electron chi connectivity index (χ3n) is 7.77. The molecule has 39 heavy (non-hydrogen) atoms. The van der Waals surface area contributed by atoms with E-state index in [0.29, 0.717) is 18.7 Å². The molecule has 2 amide bonds. The Morgan fingerprint density at radius 1 is 0.974 bits per heavy atom. The molecular formula is C34H38N2O2S. The lowest BCUT2D eigenvalue weighted by atomic mass is 9.85. The van der Waals surface area contributed by atoms with Crippen molar-refractivity contribution in [1.82, 2.24) is 9.80 Å². The number of amides is 2. The summed E-state index contributed by atoms with van der Waals surface area (Å²) in [6.07, 6.45) is 2.67. The minimum Gasteiger partial charge on any atom is -0.330 e. The number of hydrogen-bond acceptors (Lipinski definition) is 3. The highest BCUT2D eigenvalue weighted by Crippen LogP contribution is 2.38. The normalized spacial score (nSPS) is 15.3. The molecule has 1 aromatic heterocycles. The zero-order valence-corrected chi connectivity index (χ0v) is 24.3. The monoisotopic (exact) mass is 538 g/mol. The lowest BCUT2D eigenvalue weighted by molar-refractivity contribution is -0.134. The Morgan fingerprint density at radius 2 is 1.72 bits per heavy atom. The summed E-state index contributed by atoms with van der Waals surface area (Å²) < 4.78 is 0. The van der Waals surface area contributed by atoms with Crippen molar-refractivity contribution in [2.24, 2.45) is 0 Å². The predicted octanol–water partition coefficient (Wildman–Crippen LogP) is 7.62. The average Bonchev–Trinajstić information content (AvgIpc) is 3.42. The number of benzene rings is 3. The van der Waals surface area contributed by atoms with Gasteiger partial charge in [-0.3, -0.25) is 9.59 Å². The Balaban J connectivity index is 1.43. The van der Waals surface area contributed by atoms with Crippen LogP contribution in [0.5, 0.6) is 0 Å². The second kappa shape index (κ2) is 11.4. The molecule has 0 aliphatic carbocycles. The zero-order valence-electron chi connectivity index (χ0n) is 23.4. The van der Waals surface area contributed by atoms with Gasteiger partial charge in [0.2, 0.25) is 5.91 Å². The van der Waals surface area contributed by atoms with Gasteiger partial charge in [0.15, 0.2) is 0 Å². The van der Waals surface area contributed by atoms with E-state index in [1.165, 1.54) is 16.0 Å². The highest BCUT2D eigenvalue weighted by atomic mass is 32.1. The molecule has 1 aliphatic heterocycles. The van der Waals surface area contributed by atoms with Crippen LogP contribution in [0.4, 0.5) is 0 Å². The van der Waals surface area contributed by atoms with E-state index < -0.39 is 0 Å². The van der Waals surface area contributed by atoms with Crippen LogP contribution >= 0.6 is 11.3 Å². The third-order valence-corrected chi connectivity index (χ3v) is 8.77. The summed E-state index contributed by atoms with van der Waals surface area (Å²) in [5.74, 6) is -0.0798. The molecule has 5 rings (SSSR count). The van der Waals surface area contributed by atoms with Gasteiger partial charge in [-0.2, -0.15) is 0 Å². The second-order valence-corrected chi connectivity index (χ2v) is 12.6. The summed E-state index contributed by atoms with van der Waals surface area (Å²) in [6, 6.07) is 24.6. The standard InChI is InChI=1S/C34H38N2O2S/c1-5-6-19-35(33(38)27-12-11-24-9-7-8-10-26(24)22-27)23-31(37)36-20-17-30-29(18-21-39-30)32(36)25-13-15-28(16-14-25)34(2,3)4/h7-16,18,21-22,32H,5-6,17,19-20,23H2,1-4H3. The van der Waals surface area contributed by atoms with E-state index in [4.69, 9.17) is 0 Å². The van der Waals surface area contributed by atoms with Crippen LogP contribution in [0, 0.1) is 0 Å². The number of nitrogens with zero attached hydrogens (tertiary/aromatic N) is 2. The lowest BCUT2D eigenvalue weighted by Crippen LogP contribution is -2.47. The van der Waals surface area contributed by atoms with Crippen molar-refractivity contribution in [2.45, 2.75) is 58.4 Å².